The fraction of sp³-hybridized carbons (Fsp3) is 0.417. The molecule has 0 aliphatic heterocycles. The van der Waals surface area contributed by atoms with Crippen molar-refractivity contribution >= 4 is 5.97 Å². The Morgan fingerprint density at radius 1 is 1.47 bits per heavy atom. The van der Waals surface area contributed by atoms with Gasteiger partial charge in [0.05, 0.1) is 0 Å². The molecule has 1 aromatic rings. The SMILES string of the molecule is COCCCNC(C(=O)O)c1ccc(F)cc1. The molecule has 0 bridgehead atoms. The van der Waals surface area contributed by atoms with Crippen LogP contribution in [0.4, 0.5) is 4.39 Å². The van der Waals surface area contributed by atoms with Gasteiger partial charge in [0.25, 0.3) is 0 Å². The molecule has 0 heterocycles. The summed E-state index contributed by atoms with van der Waals surface area (Å²) in [6.07, 6.45) is 0.724. The lowest BCUT2D eigenvalue weighted by atomic mass is 10.1. The van der Waals surface area contributed by atoms with Crippen molar-refractivity contribution in [3.63, 3.8) is 0 Å². The summed E-state index contributed by atoms with van der Waals surface area (Å²) in [6, 6.07) is 4.63. The quantitative estimate of drug-likeness (QED) is 0.711. The van der Waals surface area contributed by atoms with Crippen LogP contribution in [-0.2, 0) is 9.53 Å². The normalized spacial score (nSPS) is 12.4. The molecule has 1 unspecified atom stereocenters. The van der Waals surface area contributed by atoms with E-state index in [1.807, 2.05) is 0 Å². The number of ether oxygens (including phenoxy) is 1. The number of carboxylic acids is 1. The largest absolute Gasteiger partial charge is 0.480 e. The van der Waals surface area contributed by atoms with Crippen molar-refractivity contribution in [1.29, 1.82) is 0 Å². The van der Waals surface area contributed by atoms with Crippen LogP contribution >= 0.6 is 0 Å². The molecule has 0 aliphatic rings. The summed E-state index contributed by atoms with van der Waals surface area (Å²) in [5.41, 5.74) is 0.538. The van der Waals surface area contributed by atoms with E-state index in [4.69, 9.17) is 9.84 Å². The molecule has 1 atom stereocenters. The Morgan fingerprint density at radius 2 is 2.12 bits per heavy atom. The van der Waals surface area contributed by atoms with E-state index in [1.54, 1.807) is 7.11 Å². The maximum absolute atomic E-state index is 12.7. The molecule has 94 valence electrons. The first-order valence-corrected chi connectivity index (χ1v) is 5.35. The minimum absolute atomic E-state index is 0.378. The summed E-state index contributed by atoms with van der Waals surface area (Å²) in [6.45, 7) is 1.10. The third-order valence-electron chi connectivity index (χ3n) is 2.32. The Bertz CT molecular complexity index is 353. The molecule has 0 aromatic heterocycles. The monoisotopic (exact) mass is 241 g/mol. The molecule has 5 heteroatoms. The van der Waals surface area contributed by atoms with Crippen molar-refractivity contribution in [2.24, 2.45) is 0 Å². The summed E-state index contributed by atoms with van der Waals surface area (Å²) in [5, 5.41) is 12.0. The summed E-state index contributed by atoms with van der Waals surface area (Å²) < 4.78 is 17.6. The van der Waals surface area contributed by atoms with Gasteiger partial charge < -0.3 is 15.2 Å². The minimum Gasteiger partial charge on any atom is -0.480 e. The van der Waals surface area contributed by atoms with E-state index < -0.39 is 12.0 Å². The number of carboxylic acid groups (broad SMARTS) is 1. The Kier molecular flexibility index (Phi) is 5.59. The zero-order valence-electron chi connectivity index (χ0n) is 9.65. The average Bonchev–Trinajstić information content (AvgIpc) is 2.30. The lowest BCUT2D eigenvalue weighted by Crippen LogP contribution is -2.29. The maximum Gasteiger partial charge on any atom is 0.325 e. The zero-order chi connectivity index (χ0) is 12.7. The summed E-state index contributed by atoms with van der Waals surface area (Å²) in [7, 11) is 1.59. The van der Waals surface area contributed by atoms with Crippen molar-refractivity contribution in [2.75, 3.05) is 20.3 Å². The molecule has 1 rings (SSSR count). The van der Waals surface area contributed by atoms with Gasteiger partial charge in [-0.05, 0) is 30.7 Å². The van der Waals surface area contributed by atoms with Crippen molar-refractivity contribution in [1.82, 2.24) is 5.32 Å². The molecule has 0 fully saturated rings. The number of carbonyl (C=O) groups is 1. The summed E-state index contributed by atoms with van der Waals surface area (Å²) in [5.74, 6) is -1.36. The Labute approximate surface area is 99.4 Å². The van der Waals surface area contributed by atoms with E-state index in [2.05, 4.69) is 5.32 Å². The molecule has 0 spiro atoms. The molecule has 1 aromatic carbocycles. The van der Waals surface area contributed by atoms with E-state index in [-0.39, 0.29) is 5.82 Å². The van der Waals surface area contributed by atoms with E-state index >= 15 is 0 Å². The van der Waals surface area contributed by atoms with Gasteiger partial charge in [-0.25, -0.2) is 4.39 Å². The van der Waals surface area contributed by atoms with Gasteiger partial charge in [0.2, 0.25) is 0 Å². The van der Waals surface area contributed by atoms with Gasteiger partial charge in [-0.3, -0.25) is 4.79 Å². The molecule has 0 amide bonds. The van der Waals surface area contributed by atoms with Gasteiger partial charge >= 0.3 is 5.97 Å². The number of benzene rings is 1. The highest BCUT2D eigenvalue weighted by molar-refractivity contribution is 5.75. The highest BCUT2D eigenvalue weighted by Gasteiger charge is 2.18. The number of aliphatic carboxylic acids is 1. The fourth-order valence-electron chi connectivity index (χ4n) is 1.47. The maximum atomic E-state index is 12.7. The van der Waals surface area contributed by atoms with Gasteiger partial charge in [-0.2, -0.15) is 0 Å². The number of rotatable bonds is 7. The standard InChI is InChI=1S/C12H16FNO3/c1-17-8-2-7-14-11(12(15)16)9-3-5-10(13)6-4-9/h3-6,11,14H,2,7-8H2,1H3,(H,15,16). The molecule has 0 aliphatic carbocycles. The highest BCUT2D eigenvalue weighted by Crippen LogP contribution is 2.13. The smallest absolute Gasteiger partial charge is 0.325 e. The molecular formula is C12H16FNO3. The number of hydrogen-bond acceptors (Lipinski definition) is 3. The number of halogens is 1. The van der Waals surface area contributed by atoms with Gasteiger partial charge in [-0.15, -0.1) is 0 Å². The molecular weight excluding hydrogens is 225 g/mol. The first kappa shape index (κ1) is 13.6. The van der Waals surface area contributed by atoms with Crippen LogP contribution < -0.4 is 5.32 Å². The van der Waals surface area contributed by atoms with Crippen LogP contribution in [0.1, 0.15) is 18.0 Å². The first-order valence-electron chi connectivity index (χ1n) is 5.35. The average molecular weight is 241 g/mol. The van der Waals surface area contributed by atoms with Crippen molar-refractivity contribution < 1.29 is 19.0 Å². The summed E-state index contributed by atoms with van der Waals surface area (Å²) in [4.78, 5) is 11.1. The number of hydrogen-bond donors (Lipinski definition) is 2. The lowest BCUT2D eigenvalue weighted by molar-refractivity contribution is -0.139. The predicted octanol–water partition coefficient (Wildman–Crippen LogP) is 1.58. The van der Waals surface area contributed by atoms with Crippen LogP contribution in [-0.4, -0.2) is 31.3 Å². The Hall–Kier alpha value is -1.46. The lowest BCUT2D eigenvalue weighted by Gasteiger charge is -2.14. The van der Waals surface area contributed by atoms with E-state index in [0.717, 1.165) is 6.42 Å². The van der Waals surface area contributed by atoms with Crippen LogP contribution in [0.15, 0.2) is 24.3 Å². The van der Waals surface area contributed by atoms with Gasteiger partial charge in [0, 0.05) is 13.7 Å². The van der Waals surface area contributed by atoms with E-state index in [1.165, 1.54) is 24.3 Å². The third kappa shape index (κ3) is 4.50. The fourth-order valence-corrected chi connectivity index (χ4v) is 1.47. The highest BCUT2D eigenvalue weighted by atomic mass is 19.1. The zero-order valence-corrected chi connectivity index (χ0v) is 9.65. The second-order valence-electron chi connectivity index (χ2n) is 3.62. The second-order valence-corrected chi connectivity index (χ2v) is 3.62. The molecule has 0 saturated carbocycles. The van der Waals surface area contributed by atoms with Crippen molar-refractivity contribution in [3.8, 4) is 0 Å². The molecule has 0 radical (unpaired) electrons. The topological polar surface area (TPSA) is 58.6 Å². The molecule has 4 nitrogen and oxygen atoms in total. The van der Waals surface area contributed by atoms with Crippen molar-refractivity contribution in [3.05, 3.63) is 35.6 Å². The van der Waals surface area contributed by atoms with Crippen LogP contribution in [0.25, 0.3) is 0 Å². The van der Waals surface area contributed by atoms with E-state index in [9.17, 15) is 9.18 Å². The van der Waals surface area contributed by atoms with Crippen LogP contribution in [0, 0.1) is 5.82 Å². The van der Waals surface area contributed by atoms with Crippen molar-refractivity contribution in [2.45, 2.75) is 12.5 Å². The predicted molar refractivity (Wildman–Crippen MR) is 61.3 cm³/mol. The van der Waals surface area contributed by atoms with Crippen LogP contribution in [0.2, 0.25) is 0 Å². The molecule has 0 saturated heterocycles. The molecule has 17 heavy (non-hydrogen) atoms. The van der Waals surface area contributed by atoms with Crippen LogP contribution in [0.3, 0.4) is 0 Å². The third-order valence-corrected chi connectivity index (χ3v) is 2.32. The van der Waals surface area contributed by atoms with Gasteiger partial charge in [0.15, 0.2) is 0 Å². The van der Waals surface area contributed by atoms with Gasteiger partial charge in [-0.1, -0.05) is 12.1 Å². The van der Waals surface area contributed by atoms with E-state index in [0.29, 0.717) is 18.7 Å². The summed E-state index contributed by atoms with van der Waals surface area (Å²) >= 11 is 0. The number of methoxy groups -OCH3 is 1. The van der Waals surface area contributed by atoms with Gasteiger partial charge in [0.1, 0.15) is 11.9 Å². The first-order chi connectivity index (χ1) is 8.15. The van der Waals surface area contributed by atoms with Crippen LogP contribution in [0.5, 0.6) is 0 Å². The molecule has 2 N–H and O–H groups in total. The second kappa shape index (κ2) is 6.98. The Balaban J connectivity index is 2.59. The number of nitrogens with one attached hydrogen (secondary N) is 1. The Morgan fingerprint density at radius 3 is 2.65 bits per heavy atom. The minimum atomic E-state index is -0.978.